The van der Waals surface area contributed by atoms with Crippen LogP contribution in [0.2, 0.25) is 0 Å². The van der Waals surface area contributed by atoms with Gasteiger partial charge in [0.2, 0.25) is 16.7 Å². The minimum absolute atomic E-state index is 0.0258. The van der Waals surface area contributed by atoms with Crippen molar-refractivity contribution in [2.24, 2.45) is 7.05 Å². The van der Waals surface area contributed by atoms with E-state index in [2.05, 4.69) is 11.1 Å². The maximum atomic E-state index is 11.3. The van der Waals surface area contributed by atoms with Crippen LogP contribution in [0, 0.1) is 0 Å². The van der Waals surface area contributed by atoms with Crippen molar-refractivity contribution in [1.82, 2.24) is 4.57 Å². The van der Waals surface area contributed by atoms with Crippen molar-refractivity contribution in [2.45, 2.75) is 65.2 Å². The molecule has 0 N–H and O–H groups in total. The third-order valence-electron chi connectivity index (χ3n) is 3.49. The van der Waals surface area contributed by atoms with E-state index in [0.29, 0.717) is 6.42 Å². The second kappa shape index (κ2) is 14.6. The van der Waals surface area contributed by atoms with Crippen LogP contribution in [-0.4, -0.2) is 43.5 Å². The van der Waals surface area contributed by atoms with Gasteiger partial charge in [-0.05, 0) is 13.3 Å². The smallest absolute Gasteiger partial charge is 0.350 e. The lowest BCUT2D eigenvalue weighted by molar-refractivity contribution is -0.671. The number of hydrogen-bond donors (Lipinski definition) is 0. The summed E-state index contributed by atoms with van der Waals surface area (Å²) in [5.41, 5.74) is 0. The third kappa shape index (κ3) is 16.4. The van der Waals surface area contributed by atoms with E-state index in [-0.39, 0.29) is 19.1 Å². The Morgan fingerprint density at radius 1 is 1.22 bits per heavy atom. The number of aryl methyl sites for hydroxylation is 1. The van der Waals surface area contributed by atoms with Gasteiger partial charge in [-0.25, -0.2) is 22.3 Å². The van der Waals surface area contributed by atoms with Crippen LogP contribution in [0.1, 0.15) is 52.4 Å². The zero-order valence-corrected chi connectivity index (χ0v) is 17.4. The van der Waals surface area contributed by atoms with Gasteiger partial charge in [0.1, 0.15) is 12.4 Å². The first-order valence-electron chi connectivity index (χ1n) is 9.01. The van der Waals surface area contributed by atoms with Gasteiger partial charge in [0.05, 0.1) is 13.7 Å². The van der Waals surface area contributed by atoms with E-state index in [0.717, 1.165) is 12.8 Å². The summed E-state index contributed by atoms with van der Waals surface area (Å²) in [6.45, 7) is 4.03. The number of ether oxygens (including phenoxy) is 2. The Hall–Kier alpha value is -1.49. The number of carbonyl (C=O) groups excluding carboxylic acids is 1. The van der Waals surface area contributed by atoms with Gasteiger partial charge in [-0.1, -0.05) is 39.0 Å². The monoisotopic (exact) mass is 408 g/mol. The highest BCUT2D eigenvalue weighted by Crippen LogP contribution is 2.05. The van der Waals surface area contributed by atoms with Crippen molar-refractivity contribution in [3.63, 3.8) is 0 Å². The summed E-state index contributed by atoms with van der Waals surface area (Å²) >= 11 is 0. The number of hydrogen-bond acceptors (Lipinski definition) is 7. The molecule has 0 spiro atoms. The van der Waals surface area contributed by atoms with Crippen molar-refractivity contribution in [1.29, 1.82) is 0 Å². The molecule has 0 aliphatic rings. The fraction of sp³-hybridized carbons (Fsp3) is 0.765. The first kappa shape index (κ1) is 25.5. The minimum Gasteiger partial charge on any atom is -0.726 e. The first-order valence-corrected chi connectivity index (χ1v) is 10.3. The van der Waals surface area contributed by atoms with E-state index in [1.807, 2.05) is 17.8 Å². The molecule has 1 unspecified atom stereocenters. The number of aromatic nitrogens is 2. The van der Waals surface area contributed by atoms with Gasteiger partial charge >= 0.3 is 5.97 Å². The summed E-state index contributed by atoms with van der Waals surface area (Å²) in [5, 5.41) is 0. The molecule has 1 aromatic heterocycles. The average molecular weight is 409 g/mol. The van der Waals surface area contributed by atoms with Crippen LogP contribution in [0.25, 0.3) is 0 Å². The second-order valence-corrected chi connectivity index (χ2v) is 7.09. The van der Waals surface area contributed by atoms with E-state index >= 15 is 0 Å². The fourth-order valence-electron chi connectivity index (χ4n) is 2.06. The van der Waals surface area contributed by atoms with Gasteiger partial charge in [-0.3, -0.25) is 4.18 Å². The Kier molecular flexibility index (Phi) is 13.8. The molecule has 0 aromatic carbocycles. The normalized spacial score (nSPS) is 12.2. The van der Waals surface area contributed by atoms with E-state index in [4.69, 9.17) is 9.47 Å². The van der Waals surface area contributed by atoms with Crippen LogP contribution in [0.3, 0.4) is 0 Å². The first-order chi connectivity index (χ1) is 12.7. The van der Waals surface area contributed by atoms with Crippen LogP contribution in [0.4, 0.5) is 0 Å². The van der Waals surface area contributed by atoms with Crippen LogP contribution in [0.15, 0.2) is 18.7 Å². The molecule has 0 aliphatic carbocycles. The Morgan fingerprint density at radius 2 is 1.85 bits per heavy atom. The molecular weight excluding hydrogens is 376 g/mol. The molecule has 1 heterocycles. The van der Waals surface area contributed by atoms with Gasteiger partial charge in [0.25, 0.3) is 0 Å². The molecule has 0 fully saturated rings. The number of unbranched alkanes of at least 4 members (excludes halogenated alkanes) is 5. The summed E-state index contributed by atoms with van der Waals surface area (Å²) < 4.78 is 47.3. The zero-order chi connectivity index (χ0) is 20.7. The standard InChI is InChI=1S/C9H15N2O3.C8H18O4S/c1-8(13-3)14-9(12)6-11-5-4-10(2)7-11;1-2-3-4-5-6-7-8-12-13(9,10)11/h4-5,7-8H,6H2,1-3H3;2-8H2,1H3,(H,9,10,11)/q+1;/p-1. The third-order valence-corrected chi connectivity index (χ3v) is 3.95. The van der Waals surface area contributed by atoms with Crippen molar-refractivity contribution in [3.05, 3.63) is 18.7 Å². The number of methoxy groups -OCH3 is 1. The molecule has 9 nitrogen and oxygen atoms in total. The average Bonchev–Trinajstić information content (AvgIpc) is 2.98. The second-order valence-electron chi connectivity index (χ2n) is 6.04. The molecule has 0 amide bonds. The van der Waals surface area contributed by atoms with Gasteiger partial charge in [-0.15, -0.1) is 0 Å². The summed E-state index contributed by atoms with van der Waals surface area (Å²) in [5.74, 6) is -0.310. The van der Waals surface area contributed by atoms with E-state index in [1.165, 1.54) is 26.4 Å². The molecular formula is C17H32N2O7S. The predicted octanol–water partition coefficient (Wildman–Crippen LogP) is 1.67. The molecule has 1 aromatic rings. The van der Waals surface area contributed by atoms with Gasteiger partial charge < -0.3 is 14.0 Å². The maximum Gasteiger partial charge on any atom is 0.350 e. The Labute approximate surface area is 162 Å². The molecule has 10 heteroatoms. The zero-order valence-electron chi connectivity index (χ0n) is 16.6. The molecule has 0 saturated heterocycles. The summed E-state index contributed by atoms with van der Waals surface area (Å²) in [6.07, 6.45) is 11.2. The number of carbonyl (C=O) groups is 1. The highest BCUT2D eigenvalue weighted by Gasteiger charge is 2.12. The Balaban J connectivity index is 0.000000503. The van der Waals surface area contributed by atoms with E-state index < -0.39 is 16.7 Å². The Bertz CT molecular complexity index is 617. The molecule has 158 valence electrons. The lowest BCUT2D eigenvalue weighted by Crippen LogP contribution is -2.25. The lowest BCUT2D eigenvalue weighted by atomic mass is 10.1. The van der Waals surface area contributed by atoms with E-state index in [9.17, 15) is 17.8 Å². The van der Waals surface area contributed by atoms with Crippen LogP contribution < -0.4 is 4.57 Å². The lowest BCUT2D eigenvalue weighted by Gasteiger charge is -2.09. The molecule has 0 saturated carbocycles. The highest BCUT2D eigenvalue weighted by atomic mass is 32.3. The predicted molar refractivity (Wildman–Crippen MR) is 97.2 cm³/mol. The van der Waals surface area contributed by atoms with Crippen LogP contribution in [-0.2, 0) is 42.4 Å². The largest absolute Gasteiger partial charge is 0.726 e. The minimum atomic E-state index is -4.47. The molecule has 0 radical (unpaired) electrons. The van der Waals surface area contributed by atoms with Crippen LogP contribution >= 0.6 is 0 Å². The number of imidazole rings is 1. The summed E-state index contributed by atoms with van der Waals surface area (Å²) in [6, 6.07) is 0. The Morgan fingerprint density at radius 3 is 2.37 bits per heavy atom. The fourth-order valence-corrected chi connectivity index (χ4v) is 2.38. The van der Waals surface area contributed by atoms with Crippen molar-refractivity contribution in [2.75, 3.05) is 13.7 Å². The van der Waals surface area contributed by atoms with Crippen molar-refractivity contribution in [3.8, 4) is 0 Å². The van der Waals surface area contributed by atoms with E-state index in [1.54, 1.807) is 24.0 Å². The van der Waals surface area contributed by atoms with Gasteiger partial charge in [0.15, 0.2) is 12.8 Å². The molecule has 1 atom stereocenters. The van der Waals surface area contributed by atoms with Gasteiger partial charge in [0, 0.05) is 7.11 Å². The quantitative estimate of drug-likeness (QED) is 0.129. The molecule has 1 rings (SSSR count). The molecule has 27 heavy (non-hydrogen) atoms. The van der Waals surface area contributed by atoms with Crippen LogP contribution in [0.5, 0.6) is 0 Å². The van der Waals surface area contributed by atoms with Gasteiger partial charge in [-0.2, -0.15) is 0 Å². The van der Waals surface area contributed by atoms with Crippen molar-refractivity contribution >= 4 is 16.4 Å². The maximum absolute atomic E-state index is 11.3. The van der Waals surface area contributed by atoms with Crippen molar-refractivity contribution < 1.29 is 36.0 Å². The SMILES string of the molecule is CCCCCCCCOS(=O)(=O)[O-].COC(C)OC(=O)Cn1cc[n+](C)c1. The highest BCUT2D eigenvalue weighted by molar-refractivity contribution is 7.80. The summed E-state index contributed by atoms with van der Waals surface area (Å²) in [7, 11) is -1.09. The number of nitrogens with zero attached hydrogens (tertiary/aromatic N) is 2. The number of esters is 1. The topological polar surface area (TPSA) is 111 Å². The number of rotatable bonds is 12. The summed E-state index contributed by atoms with van der Waals surface area (Å²) in [4.78, 5) is 11.3. The molecule has 0 bridgehead atoms. The molecule has 0 aliphatic heterocycles.